The fraction of sp³-hybridized carbons (Fsp3) is 0.357. The highest BCUT2D eigenvalue weighted by Gasteiger charge is 2.29. The Morgan fingerprint density at radius 1 is 1.41 bits per heavy atom. The number of anilines is 1. The maximum atomic E-state index is 11.7. The van der Waals surface area contributed by atoms with Gasteiger partial charge in [-0.2, -0.15) is 0 Å². The zero-order valence-electron chi connectivity index (χ0n) is 10.4. The Morgan fingerprint density at radius 2 is 2.18 bits per heavy atom. The zero-order chi connectivity index (χ0) is 12.2. The molecule has 0 radical (unpaired) electrons. The molecule has 17 heavy (non-hydrogen) atoms. The Balaban J connectivity index is 2.24. The van der Waals surface area contributed by atoms with Crippen molar-refractivity contribution in [3.05, 3.63) is 30.0 Å². The Hall–Kier alpha value is -1.77. The van der Waals surface area contributed by atoms with Gasteiger partial charge in [0.1, 0.15) is 0 Å². The summed E-state index contributed by atoms with van der Waals surface area (Å²) in [5, 5.41) is 1.20. The van der Waals surface area contributed by atoms with E-state index in [1.54, 1.807) is 6.92 Å². The standard InChI is InChI=1S/C14H16N2O/c1-9-6-12-8-13-11(4-5-15(13)3)7-14(12)16(9)10(2)17/h4-5,7-9H,6H2,1-3H3. The van der Waals surface area contributed by atoms with E-state index in [1.165, 1.54) is 16.5 Å². The number of rotatable bonds is 0. The first kappa shape index (κ1) is 10.4. The van der Waals surface area contributed by atoms with Gasteiger partial charge in [0.15, 0.2) is 0 Å². The molecule has 0 aliphatic carbocycles. The van der Waals surface area contributed by atoms with Crippen molar-refractivity contribution < 1.29 is 4.79 Å². The van der Waals surface area contributed by atoms with Crippen LogP contribution < -0.4 is 4.90 Å². The van der Waals surface area contributed by atoms with E-state index in [1.807, 2.05) is 4.90 Å². The molecule has 1 amide bonds. The summed E-state index contributed by atoms with van der Waals surface area (Å²) in [6.07, 6.45) is 3.01. The fourth-order valence-corrected chi connectivity index (χ4v) is 2.86. The van der Waals surface area contributed by atoms with Crippen LogP contribution in [-0.2, 0) is 18.3 Å². The van der Waals surface area contributed by atoms with Crippen molar-refractivity contribution in [3.63, 3.8) is 0 Å². The van der Waals surface area contributed by atoms with Crippen LogP contribution in [0.25, 0.3) is 10.9 Å². The zero-order valence-corrected chi connectivity index (χ0v) is 10.4. The second kappa shape index (κ2) is 3.36. The van der Waals surface area contributed by atoms with Crippen molar-refractivity contribution in [2.45, 2.75) is 26.3 Å². The second-order valence-electron chi connectivity index (χ2n) is 4.91. The minimum absolute atomic E-state index is 0.131. The van der Waals surface area contributed by atoms with Crippen molar-refractivity contribution in [3.8, 4) is 0 Å². The number of nitrogens with zero attached hydrogens (tertiary/aromatic N) is 2. The van der Waals surface area contributed by atoms with E-state index < -0.39 is 0 Å². The van der Waals surface area contributed by atoms with Crippen molar-refractivity contribution in [2.24, 2.45) is 7.05 Å². The number of carbonyl (C=O) groups is 1. The molecule has 0 bridgehead atoms. The van der Waals surface area contributed by atoms with E-state index in [2.05, 4.69) is 42.9 Å². The van der Waals surface area contributed by atoms with Crippen LogP contribution in [0.4, 0.5) is 5.69 Å². The molecule has 0 saturated heterocycles. The highest BCUT2D eigenvalue weighted by Crippen LogP contribution is 2.35. The van der Waals surface area contributed by atoms with Crippen LogP contribution in [0, 0.1) is 0 Å². The van der Waals surface area contributed by atoms with E-state index in [0.717, 1.165) is 12.1 Å². The largest absolute Gasteiger partial charge is 0.351 e. The van der Waals surface area contributed by atoms with Gasteiger partial charge < -0.3 is 9.47 Å². The number of fused-ring (bicyclic) bond motifs is 2. The molecule has 2 aromatic rings. The third-order valence-corrected chi connectivity index (χ3v) is 3.64. The van der Waals surface area contributed by atoms with E-state index >= 15 is 0 Å². The molecular weight excluding hydrogens is 212 g/mol. The van der Waals surface area contributed by atoms with Crippen LogP contribution in [0.5, 0.6) is 0 Å². The Bertz CT molecular complexity index is 612. The van der Waals surface area contributed by atoms with Crippen LogP contribution in [0.1, 0.15) is 19.4 Å². The minimum atomic E-state index is 0.131. The van der Waals surface area contributed by atoms with Crippen LogP contribution in [-0.4, -0.2) is 16.5 Å². The molecule has 0 saturated carbocycles. The van der Waals surface area contributed by atoms with Crippen LogP contribution in [0.3, 0.4) is 0 Å². The third-order valence-electron chi connectivity index (χ3n) is 3.64. The lowest BCUT2D eigenvalue weighted by Crippen LogP contribution is -2.33. The molecule has 88 valence electrons. The van der Waals surface area contributed by atoms with Crippen molar-refractivity contribution in [1.82, 2.24) is 4.57 Å². The van der Waals surface area contributed by atoms with E-state index in [-0.39, 0.29) is 11.9 Å². The number of aromatic nitrogens is 1. The Morgan fingerprint density at radius 3 is 2.88 bits per heavy atom. The SMILES string of the molecule is CC(=O)N1c2cc3ccn(C)c3cc2CC1C. The first-order valence-corrected chi connectivity index (χ1v) is 5.95. The maximum Gasteiger partial charge on any atom is 0.224 e. The van der Waals surface area contributed by atoms with E-state index in [0.29, 0.717) is 0 Å². The van der Waals surface area contributed by atoms with Crippen LogP contribution in [0.15, 0.2) is 24.4 Å². The lowest BCUT2D eigenvalue weighted by Gasteiger charge is -2.20. The highest BCUT2D eigenvalue weighted by atomic mass is 16.2. The molecule has 1 aromatic heterocycles. The molecule has 3 heteroatoms. The highest BCUT2D eigenvalue weighted by molar-refractivity contribution is 5.98. The number of benzene rings is 1. The predicted octanol–water partition coefficient (Wildman–Crippen LogP) is 2.48. The number of carbonyl (C=O) groups excluding carboxylic acids is 1. The van der Waals surface area contributed by atoms with Gasteiger partial charge in [0.25, 0.3) is 0 Å². The van der Waals surface area contributed by atoms with Crippen LogP contribution in [0.2, 0.25) is 0 Å². The molecule has 3 nitrogen and oxygen atoms in total. The molecule has 1 atom stereocenters. The van der Waals surface area contributed by atoms with Gasteiger partial charge in [-0.15, -0.1) is 0 Å². The van der Waals surface area contributed by atoms with Crippen LogP contribution >= 0.6 is 0 Å². The van der Waals surface area contributed by atoms with Gasteiger partial charge in [-0.05, 0) is 37.1 Å². The summed E-state index contributed by atoms with van der Waals surface area (Å²) in [5.41, 5.74) is 3.60. The number of amides is 1. The lowest BCUT2D eigenvalue weighted by molar-refractivity contribution is -0.116. The molecule has 1 aromatic carbocycles. The minimum Gasteiger partial charge on any atom is -0.351 e. The smallest absolute Gasteiger partial charge is 0.224 e. The van der Waals surface area contributed by atoms with Crippen molar-refractivity contribution in [1.29, 1.82) is 0 Å². The summed E-state index contributed by atoms with van der Waals surface area (Å²) in [6, 6.07) is 6.72. The number of hydrogen-bond acceptors (Lipinski definition) is 1. The summed E-state index contributed by atoms with van der Waals surface area (Å²) in [4.78, 5) is 13.6. The first-order chi connectivity index (χ1) is 8.08. The van der Waals surface area contributed by atoms with E-state index in [9.17, 15) is 4.79 Å². The molecule has 3 rings (SSSR count). The lowest BCUT2D eigenvalue weighted by atomic mass is 10.1. The fourth-order valence-electron chi connectivity index (χ4n) is 2.86. The molecule has 0 fully saturated rings. The first-order valence-electron chi connectivity index (χ1n) is 5.95. The number of hydrogen-bond donors (Lipinski definition) is 0. The summed E-state index contributed by atoms with van der Waals surface area (Å²) < 4.78 is 2.12. The Labute approximate surface area is 101 Å². The average molecular weight is 228 g/mol. The molecule has 1 aliphatic rings. The third kappa shape index (κ3) is 1.38. The van der Waals surface area contributed by atoms with Crippen molar-refractivity contribution >= 4 is 22.5 Å². The quantitative estimate of drug-likeness (QED) is 0.680. The van der Waals surface area contributed by atoms with Gasteiger partial charge in [0.2, 0.25) is 5.91 Å². The second-order valence-corrected chi connectivity index (χ2v) is 4.91. The molecule has 0 spiro atoms. The van der Waals surface area contributed by atoms with Gasteiger partial charge in [0.05, 0.1) is 0 Å². The number of aryl methyl sites for hydroxylation is 1. The summed E-state index contributed by atoms with van der Waals surface area (Å²) in [5.74, 6) is 0.131. The van der Waals surface area contributed by atoms with Gasteiger partial charge in [-0.1, -0.05) is 0 Å². The molecular formula is C14H16N2O. The van der Waals surface area contributed by atoms with Gasteiger partial charge >= 0.3 is 0 Å². The maximum absolute atomic E-state index is 11.7. The van der Waals surface area contributed by atoms with Gasteiger partial charge in [-0.3, -0.25) is 4.79 Å². The topological polar surface area (TPSA) is 25.2 Å². The summed E-state index contributed by atoms with van der Waals surface area (Å²) >= 11 is 0. The normalized spacial score (nSPS) is 18.8. The molecule has 2 heterocycles. The predicted molar refractivity (Wildman–Crippen MR) is 69.2 cm³/mol. The van der Waals surface area contributed by atoms with Gasteiger partial charge in [-0.25, -0.2) is 0 Å². The van der Waals surface area contributed by atoms with Gasteiger partial charge in [0, 0.05) is 42.8 Å². The molecule has 0 N–H and O–H groups in total. The molecule has 1 aliphatic heterocycles. The van der Waals surface area contributed by atoms with Crippen molar-refractivity contribution in [2.75, 3.05) is 4.90 Å². The van der Waals surface area contributed by atoms with E-state index in [4.69, 9.17) is 0 Å². The Kier molecular flexibility index (Phi) is 2.05. The average Bonchev–Trinajstić information content (AvgIpc) is 2.76. The summed E-state index contributed by atoms with van der Waals surface area (Å²) in [6.45, 7) is 3.74. The molecule has 1 unspecified atom stereocenters. The monoisotopic (exact) mass is 228 g/mol. The summed E-state index contributed by atoms with van der Waals surface area (Å²) in [7, 11) is 2.05.